The summed E-state index contributed by atoms with van der Waals surface area (Å²) in [5.41, 5.74) is 1.70. The van der Waals surface area contributed by atoms with E-state index >= 15 is 0 Å². The van der Waals surface area contributed by atoms with Gasteiger partial charge in [0.25, 0.3) is 0 Å². The Hall–Kier alpha value is -1.69. The van der Waals surface area contributed by atoms with E-state index in [9.17, 15) is 9.90 Å². The maximum Gasteiger partial charge on any atom is 0.307 e. The molecule has 1 aromatic heterocycles. The highest BCUT2D eigenvalue weighted by atomic mass is 79.9. The fourth-order valence-corrected chi connectivity index (χ4v) is 2.16. The highest BCUT2D eigenvalue weighted by molar-refractivity contribution is 9.10. The molecule has 6 heteroatoms. The molecule has 0 aliphatic heterocycles. The third-order valence-electron chi connectivity index (χ3n) is 2.85. The summed E-state index contributed by atoms with van der Waals surface area (Å²) in [6.07, 6.45) is 2.62. The monoisotopic (exact) mass is 323 g/mol. The molecule has 0 fully saturated rings. The number of hydrogen-bond donors (Lipinski definition) is 1. The minimum Gasteiger partial charge on any atom is -0.481 e. The fourth-order valence-electron chi connectivity index (χ4n) is 1.89. The minimum absolute atomic E-state index is 0.388. The summed E-state index contributed by atoms with van der Waals surface area (Å²) < 4.78 is 2.56. The standard InChI is InChI=1S/C13H14BrN3O2/c1-17-8-12(15-16-17)7-10(13(18)19)6-9-2-4-11(14)5-3-9/h2-5,8,10H,6-7H2,1H3,(H,18,19). The van der Waals surface area contributed by atoms with Crippen LogP contribution in [0, 0.1) is 5.92 Å². The van der Waals surface area contributed by atoms with Crippen LogP contribution >= 0.6 is 15.9 Å². The molecule has 0 amide bonds. The number of hydrogen-bond acceptors (Lipinski definition) is 3. The molecule has 0 radical (unpaired) electrons. The molecular weight excluding hydrogens is 310 g/mol. The molecule has 0 bridgehead atoms. The molecule has 0 saturated carbocycles. The van der Waals surface area contributed by atoms with E-state index in [2.05, 4.69) is 26.2 Å². The third kappa shape index (κ3) is 3.89. The molecule has 5 nitrogen and oxygen atoms in total. The van der Waals surface area contributed by atoms with Gasteiger partial charge in [0.2, 0.25) is 0 Å². The van der Waals surface area contributed by atoms with Crippen molar-refractivity contribution in [2.45, 2.75) is 12.8 Å². The van der Waals surface area contributed by atoms with Gasteiger partial charge in [0, 0.05) is 24.1 Å². The van der Waals surface area contributed by atoms with Crippen molar-refractivity contribution in [2.75, 3.05) is 0 Å². The lowest BCUT2D eigenvalue weighted by Gasteiger charge is -2.10. The Balaban J connectivity index is 2.08. The fraction of sp³-hybridized carbons (Fsp3) is 0.308. The molecule has 0 saturated heterocycles. The molecule has 19 heavy (non-hydrogen) atoms. The van der Waals surface area contributed by atoms with E-state index in [1.807, 2.05) is 24.3 Å². The molecule has 1 heterocycles. The van der Waals surface area contributed by atoms with Crippen LogP contribution in [0.1, 0.15) is 11.3 Å². The highest BCUT2D eigenvalue weighted by Crippen LogP contribution is 2.16. The number of aromatic nitrogens is 3. The van der Waals surface area contributed by atoms with E-state index in [4.69, 9.17) is 0 Å². The summed E-state index contributed by atoms with van der Waals surface area (Å²) in [4.78, 5) is 11.3. The van der Waals surface area contributed by atoms with Gasteiger partial charge in [-0.05, 0) is 24.1 Å². The van der Waals surface area contributed by atoms with E-state index in [0.29, 0.717) is 18.5 Å². The van der Waals surface area contributed by atoms with E-state index < -0.39 is 11.9 Å². The lowest BCUT2D eigenvalue weighted by Crippen LogP contribution is -2.19. The quantitative estimate of drug-likeness (QED) is 0.914. The average molecular weight is 324 g/mol. The second kappa shape index (κ2) is 5.97. The van der Waals surface area contributed by atoms with Crippen LogP contribution in [0.5, 0.6) is 0 Å². The molecule has 1 atom stereocenters. The van der Waals surface area contributed by atoms with Crippen molar-refractivity contribution in [3.8, 4) is 0 Å². The van der Waals surface area contributed by atoms with E-state index in [0.717, 1.165) is 10.0 Å². The molecule has 100 valence electrons. The summed E-state index contributed by atoms with van der Waals surface area (Å²) in [5, 5.41) is 17.0. The number of carboxylic acid groups (broad SMARTS) is 1. The number of aryl methyl sites for hydroxylation is 1. The van der Waals surface area contributed by atoms with Crippen molar-refractivity contribution in [3.63, 3.8) is 0 Å². The van der Waals surface area contributed by atoms with Crippen LogP contribution in [0.25, 0.3) is 0 Å². The molecule has 0 aliphatic carbocycles. The number of halogens is 1. The van der Waals surface area contributed by atoms with Gasteiger partial charge in [-0.25, -0.2) is 0 Å². The first-order valence-corrected chi connectivity index (χ1v) is 6.66. The van der Waals surface area contributed by atoms with Crippen molar-refractivity contribution in [1.82, 2.24) is 15.0 Å². The Kier molecular flexibility index (Phi) is 4.31. The minimum atomic E-state index is -0.812. The summed E-state index contributed by atoms with van der Waals surface area (Å²) in [6.45, 7) is 0. The first kappa shape index (κ1) is 13.7. The van der Waals surface area contributed by atoms with Gasteiger partial charge in [-0.15, -0.1) is 5.10 Å². The topological polar surface area (TPSA) is 68.0 Å². The van der Waals surface area contributed by atoms with Gasteiger partial charge in [-0.3, -0.25) is 9.48 Å². The number of aliphatic carboxylic acids is 1. The van der Waals surface area contributed by atoms with Gasteiger partial charge in [0.05, 0.1) is 11.6 Å². The molecule has 2 rings (SSSR count). The lowest BCUT2D eigenvalue weighted by molar-refractivity contribution is -0.141. The molecule has 0 spiro atoms. The van der Waals surface area contributed by atoms with Gasteiger partial charge < -0.3 is 5.11 Å². The van der Waals surface area contributed by atoms with Crippen molar-refractivity contribution < 1.29 is 9.90 Å². The first-order valence-electron chi connectivity index (χ1n) is 5.87. The Bertz CT molecular complexity index is 566. The summed E-state index contributed by atoms with van der Waals surface area (Å²) in [6, 6.07) is 7.68. The van der Waals surface area contributed by atoms with E-state index in [1.54, 1.807) is 17.9 Å². The van der Waals surface area contributed by atoms with Crippen molar-refractivity contribution in [3.05, 3.63) is 46.2 Å². The van der Waals surface area contributed by atoms with Gasteiger partial charge in [-0.2, -0.15) is 0 Å². The van der Waals surface area contributed by atoms with Crippen LogP contribution in [0.15, 0.2) is 34.9 Å². The Morgan fingerprint density at radius 1 is 1.37 bits per heavy atom. The number of carboxylic acids is 1. The molecule has 2 aromatic rings. The van der Waals surface area contributed by atoms with Crippen LogP contribution in [0.3, 0.4) is 0 Å². The smallest absolute Gasteiger partial charge is 0.307 e. The van der Waals surface area contributed by atoms with Gasteiger partial charge >= 0.3 is 5.97 Å². The third-order valence-corrected chi connectivity index (χ3v) is 3.38. The molecule has 1 aromatic carbocycles. The second-order valence-corrected chi connectivity index (χ2v) is 5.37. The zero-order valence-corrected chi connectivity index (χ0v) is 12.0. The van der Waals surface area contributed by atoms with Crippen LogP contribution < -0.4 is 0 Å². The first-order chi connectivity index (χ1) is 9.04. The van der Waals surface area contributed by atoms with E-state index in [-0.39, 0.29) is 0 Å². The average Bonchev–Trinajstić information content (AvgIpc) is 2.76. The van der Waals surface area contributed by atoms with Crippen molar-refractivity contribution >= 4 is 21.9 Å². The maximum atomic E-state index is 11.3. The summed E-state index contributed by atoms with van der Waals surface area (Å²) >= 11 is 3.36. The van der Waals surface area contributed by atoms with Crippen molar-refractivity contribution in [1.29, 1.82) is 0 Å². The Morgan fingerprint density at radius 3 is 2.58 bits per heavy atom. The Morgan fingerprint density at radius 2 is 2.05 bits per heavy atom. The molecule has 1 N–H and O–H groups in total. The van der Waals surface area contributed by atoms with Crippen LogP contribution in [0.2, 0.25) is 0 Å². The van der Waals surface area contributed by atoms with Crippen LogP contribution in [-0.4, -0.2) is 26.1 Å². The predicted molar refractivity (Wildman–Crippen MR) is 73.7 cm³/mol. The van der Waals surface area contributed by atoms with Crippen LogP contribution in [0.4, 0.5) is 0 Å². The summed E-state index contributed by atoms with van der Waals surface area (Å²) in [7, 11) is 1.76. The number of benzene rings is 1. The van der Waals surface area contributed by atoms with E-state index in [1.165, 1.54) is 0 Å². The van der Waals surface area contributed by atoms with Gasteiger partial charge in [0.15, 0.2) is 0 Å². The number of rotatable bonds is 5. The highest BCUT2D eigenvalue weighted by Gasteiger charge is 2.20. The number of carbonyl (C=O) groups is 1. The van der Waals surface area contributed by atoms with Crippen molar-refractivity contribution in [2.24, 2.45) is 13.0 Å². The number of nitrogens with zero attached hydrogens (tertiary/aromatic N) is 3. The largest absolute Gasteiger partial charge is 0.481 e. The normalized spacial score (nSPS) is 12.3. The molecular formula is C13H14BrN3O2. The Labute approximate surface area is 119 Å². The second-order valence-electron chi connectivity index (χ2n) is 4.45. The zero-order chi connectivity index (χ0) is 13.8. The zero-order valence-electron chi connectivity index (χ0n) is 10.5. The SMILES string of the molecule is Cn1cc(CC(Cc2ccc(Br)cc2)C(=O)O)nn1. The van der Waals surface area contributed by atoms with Gasteiger partial charge in [0.1, 0.15) is 0 Å². The maximum absolute atomic E-state index is 11.3. The predicted octanol–water partition coefficient (Wildman–Crippen LogP) is 2.06. The lowest BCUT2D eigenvalue weighted by atomic mass is 9.95. The van der Waals surface area contributed by atoms with Crippen LogP contribution in [-0.2, 0) is 24.7 Å². The summed E-state index contributed by atoms with van der Waals surface area (Å²) in [5.74, 6) is -1.30. The van der Waals surface area contributed by atoms with Gasteiger partial charge in [-0.1, -0.05) is 33.3 Å². The molecule has 1 unspecified atom stereocenters. The molecule has 0 aliphatic rings.